The number of rotatable bonds is 6. The predicted octanol–water partition coefficient (Wildman–Crippen LogP) is 5.56. The Bertz CT molecular complexity index is 532. The van der Waals surface area contributed by atoms with Gasteiger partial charge in [-0.05, 0) is 37.0 Å². The third-order valence-corrected chi connectivity index (χ3v) is 19.9. The van der Waals surface area contributed by atoms with Gasteiger partial charge in [-0.25, -0.2) is 0 Å². The van der Waals surface area contributed by atoms with E-state index in [9.17, 15) is 9.59 Å². The standard InChI is InChI=1S/C19H41NO3SSi2/c1-14(21)20-15(16(22)23-25(10,11)17(2,3)4)19(8,9)24-26(12,13)18(5,6)7/h15H,1-13H3,(H,20,21). The molecule has 0 rings (SSSR count). The molecule has 0 aliphatic heterocycles. The van der Waals surface area contributed by atoms with E-state index in [1.54, 1.807) is 0 Å². The summed E-state index contributed by atoms with van der Waals surface area (Å²) in [7, 11) is -3.98. The van der Waals surface area contributed by atoms with Crippen molar-refractivity contribution in [1.29, 1.82) is 0 Å². The van der Waals surface area contributed by atoms with E-state index in [1.807, 2.05) is 25.1 Å². The van der Waals surface area contributed by atoms with E-state index < -0.39 is 26.3 Å². The first-order valence-corrected chi connectivity index (χ1v) is 16.8. The zero-order valence-corrected chi connectivity index (χ0v) is 22.0. The van der Waals surface area contributed by atoms with Crippen LogP contribution in [0.3, 0.4) is 0 Å². The molecular weight excluding hydrogens is 378 g/mol. The summed E-state index contributed by atoms with van der Waals surface area (Å²) < 4.78 is 5.59. The van der Waals surface area contributed by atoms with E-state index in [1.165, 1.54) is 6.92 Å². The molecule has 0 aromatic rings. The summed E-state index contributed by atoms with van der Waals surface area (Å²) in [5.41, 5.74) is 0. The first kappa shape index (κ1) is 25.7. The topological polar surface area (TPSA) is 55.4 Å². The Labute approximate surface area is 167 Å². The molecule has 0 spiro atoms. The van der Waals surface area contributed by atoms with E-state index in [0.717, 1.165) is 0 Å². The van der Waals surface area contributed by atoms with Crippen LogP contribution in [0.2, 0.25) is 36.3 Å². The minimum atomic E-state index is -2.25. The molecule has 1 unspecified atom stereocenters. The Kier molecular flexibility index (Phi) is 7.91. The second-order valence-corrected chi connectivity index (χ2v) is 25.0. The average molecular weight is 420 g/mol. The van der Waals surface area contributed by atoms with Gasteiger partial charge in [0.2, 0.25) is 5.91 Å². The van der Waals surface area contributed by atoms with Crippen molar-refractivity contribution in [2.75, 3.05) is 0 Å². The molecule has 1 amide bonds. The highest BCUT2D eigenvalue weighted by molar-refractivity contribution is 8.30. The fraction of sp³-hybridized carbons (Fsp3) is 0.895. The first-order chi connectivity index (χ1) is 11.1. The fourth-order valence-corrected chi connectivity index (χ4v) is 10.1. The molecule has 0 aromatic carbocycles. The fourth-order valence-electron chi connectivity index (χ4n) is 2.05. The Hall–Kier alpha value is -0.276. The number of hydrogen-bond acceptors (Lipinski definition) is 4. The molecule has 0 aliphatic rings. The number of amides is 1. The van der Waals surface area contributed by atoms with Crippen LogP contribution in [0.5, 0.6) is 0 Å². The quantitative estimate of drug-likeness (QED) is 0.573. The molecule has 1 atom stereocenters. The largest absolute Gasteiger partial charge is 0.518 e. The third kappa shape index (κ3) is 6.71. The van der Waals surface area contributed by atoms with Crippen LogP contribution in [0.25, 0.3) is 0 Å². The highest BCUT2D eigenvalue weighted by atomic mass is 32.4. The summed E-state index contributed by atoms with van der Waals surface area (Å²) in [6, 6.07) is -0.659. The molecule has 0 aliphatic carbocycles. The zero-order chi connectivity index (χ0) is 21.4. The minimum Gasteiger partial charge on any atom is -0.518 e. The number of hydrogen-bond donors (Lipinski definition) is 1. The predicted molar refractivity (Wildman–Crippen MR) is 120 cm³/mol. The van der Waals surface area contributed by atoms with Gasteiger partial charge in [0.15, 0.2) is 0 Å². The van der Waals surface area contributed by atoms with Crippen molar-refractivity contribution < 1.29 is 14.0 Å². The molecular formula is C19H41NO3SSi2. The van der Waals surface area contributed by atoms with Crippen LogP contribution in [0.4, 0.5) is 0 Å². The lowest BCUT2D eigenvalue weighted by Crippen LogP contribution is -2.57. The summed E-state index contributed by atoms with van der Waals surface area (Å²) >= 11 is 1.86. The molecule has 0 saturated heterocycles. The van der Waals surface area contributed by atoms with Crippen LogP contribution in [-0.2, 0) is 14.0 Å². The second kappa shape index (κ2) is 7.99. The second-order valence-electron chi connectivity index (χ2n) is 10.8. The molecule has 4 nitrogen and oxygen atoms in total. The zero-order valence-electron chi connectivity index (χ0n) is 19.2. The summed E-state index contributed by atoms with van der Waals surface area (Å²) in [4.78, 5) is 24.9. The lowest BCUT2D eigenvalue weighted by atomic mass is 10.0. The molecule has 26 heavy (non-hydrogen) atoms. The van der Waals surface area contributed by atoms with Crippen molar-refractivity contribution in [3.05, 3.63) is 0 Å². The van der Waals surface area contributed by atoms with Crippen molar-refractivity contribution in [1.82, 2.24) is 5.32 Å². The van der Waals surface area contributed by atoms with Gasteiger partial charge in [0.05, 0.1) is 0 Å². The maximum absolute atomic E-state index is 13.1. The summed E-state index contributed by atoms with van der Waals surface area (Å²) in [6.07, 6.45) is 0. The van der Waals surface area contributed by atoms with Crippen LogP contribution >= 0.6 is 11.2 Å². The van der Waals surface area contributed by atoms with E-state index in [-0.39, 0.29) is 22.0 Å². The van der Waals surface area contributed by atoms with Crippen molar-refractivity contribution in [2.24, 2.45) is 0 Å². The van der Waals surface area contributed by atoms with Gasteiger partial charge in [0.1, 0.15) is 13.3 Å². The molecule has 7 heteroatoms. The van der Waals surface area contributed by atoms with Gasteiger partial charge >= 0.3 is 5.97 Å². The monoisotopic (exact) mass is 419 g/mol. The minimum absolute atomic E-state index is 0.0693. The summed E-state index contributed by atoms with van der Waals surface area (Å²) in [5, 5.41) is 2.99. The first-order valence-electron chi connectivity index (χ1n) is 9.34. The maximum atomic E-state index is 13.1. The number of carbonyl (C=O) groups excluding carboxylic acids is 2. The van der Waals surface area contributed by atoms with Crippen LogP contribution in [0.1, 0.15) is 62.3 Å². The van der Waals surface area contributed by atoms with Gasteiger partial charge in [-0.15, -0.1) is 0 Å². The summed E-state index contributed by atoms with van der Waals surface area (Å²) in [5.74, 6) is -0.505. The van der Waals surface area contributed by atoms with Crippen LogP contribution in [0, 0.1) is 0 Å². The molecule has 0 fully saturated rings. The van der Waals surface area contributed by atoms with E-state index in [4.69, 9.17) is 4.43 Å². The highest BCUT2D eigenvalue weighted by Gasteiger charge is 2.48. The van der Waals surface area contributed by atoms with Crippen molar-refractivity contribution >= 4 is 38.6 Å². The average Bonchev–Trinajstić information content (AvgIpc) is 2.30. The number of nitrogens with one attached hydrogen (secondary N) is 1. The SMILES string of the molecule is CC(=O)NC(C(=O)O[Si](C)(C)C(C)(C)C)C(C)(C)S[Si](C)(C)C(C)(C)C. The Morgan fingerprint density at radius 2 is 1.31 bits per heavy atom. The maximum Gasteiger partial charge on any atom is 0.316 e. The van der Waals surface area contributed by atoms with Gasteiger partial charge in [0, 0.05) is 11.7 Å². The van der Waals surface area contributed by atoms with E-state index in [2.05, 4.69) is 73.0 Å². The molecule has 0 aromatic heterocycles. The van der Waals surface area contributed by atoms with Crippen LogP contribution < -0.4 is 5.32 Å². The van der Waals surface area contributed by atoms with Gasteiger partial charge in [-0.3, -0.25) is 9.59 Å². The summed E-state index contributed by atoms with van der Waals surface area (Å²) in [6.45, 7) is 27.4. The van der Waals surface area contributed by atoms with Gasteiger partial charge in [-0.2, -0.15) is 11.2 Å². The molecule has 154 valence electrons. The van der Waals surface area contributed by atoms with Gasteiger partial charge < -0.3 is 9.74 Å². The Morgan fingerprint density at radius 3 is 1.62 bits per heavy atom. The van der Waals surface area contributed by atoms with E-state index in [0.29, 0.717) is 0 Å². The third-order valence-electron chi connectivity index (χ3n) is 5.76. The lowest BCUT2D eigenvalue weighted by molar-refractivity contribution is -0.140. The van der Waals surface area contributed by atoms with E-state index >= 15 is 0 Å². The van der Waals surface area contributed by atoms with Crippen molar-refractivity contribution in [3.63, 3.8) is 0 Å². The Morgan fingerprint density at radius 1 is 0.885 bits per heavy atom. The normalized spacial score (nSPS) is 15.4. The smallest absolute Gasteiger partial charge is 0.316 e. The molecule has 0 radical (unpaired) electrons. The molecule has 0 bridgehead atoms. The molecule has 1 N–H and O–H groups in total. The highest BCUT2D eigenvalue weighted by Crippen LogP contribution is 2.49. The Balaban J connectivity index is 5.74. The lowest BCUT2D eigenvalue weighted by Gasteiger charge is -2.45. The van der Waals surface area contributed by atoms with Crippen molar-refractivity contribution in [3.8, 4) is 0 Å². The van der Waals surface area contributed by atoms with Gasteiger partial charge in [-0.1, -0.05) is 54.6 Å². The molecule has 0 heterocycles. The number of carbonyl (C=O) groups is 2. The molecule has 0 saturated carbocycles. The van der Waals surface area contributed by atoms with Crippen LogP contribution in [0.15, 0.2) is 0 Å². The van der Waals surface area contributed by atoms with Crippen LogP contribution in [-0.4, -0.2) is 38.2 Å². The van der Waals surface area contributed by atoms with Gasteiger partial charge in [0.25, 0.3) is 8.32 Å². The van der Waals surface area contributed by atoms with Crippen molar-refractivity contribution in [2.45, 2.75) is 109 Å².